The maximum atomic E-state index is 11.8. The molecule has 1 aromatic carbocycles. The van der Waals surface area contributed by atoms with Crippen LogP contribution in [-0.2, 0) is 9.59 Å². The fourth-order valence-electron chi connectivity index (χ4n) is 1.58. The molecule has 1 atom stereocenters. The summed E-state index contributed by atoms with van der Waals surface area (Å²) < 4.78 is 5.17. The molecule has 1 N–H and O–H groups in total. The Morgan fingerprint density at radius 3 is 2.69 bits per heavy atom. The molecule has 0 spiro atoms. The highest BCUT2D eigenvalue weighted by Gasteiger charge is 2.37. The van der Waals surface area contributed by atoms with Crippen molar-refractivity contribution in [3.05, 3.63) is 29.8 Å². The number of hydrogen-bond donors (Lipinski definition) is 1. The van der Waals surface area contributed by atoms with Crippen LogP contribution in [0, 0.1) is 5.92 Å². The van der Waals surface area contributed by atoms with E-state index in [1.54, 1.807) is 18.2 Å². The lowest BCUT2D eigenvalue weighted by atomic mass is 9.92. The quantitative estimate of drug-likeness (QED) is 0.580. The Bertz CT molecular complexity index is 477. The first-order valence-electron chi connectivity index (χ1n) is 4.64. The van der Waals surface area contributed by atoms with Crippen molar-refractivity contribution >= 4 is 17.5 Å². The number of Topliss-reactive ketones (excluding diaryl/α,β-unsaturated/α-hetero) is 2. The molecule has 0 aliphatic carbocycles. The van der Waals surface area contributed by atoms with Gasteiger partial charge in [-0.3, -0.25) is 9.59 Å². The van der Waals surface area contributed by atoms with Crippen LogP contribution in [0.25, 0.3) is 0 Å². The fraction of sp³-hybridized carbons (Fsp3) is 0.182. The number of hydrogen-bond acceptors (Lipinski definition) is 4. The first-order valence-corrected chi connectivity index (χ1v) is 4.64. The third-order valence-corrected chi connectivity index (χ3v) is 2.40. The maximum Gasteiger partial charge on any atom is 0.373 e. The van der Waals surface area contributed by atoms with Gasteiger partial charge in [0, 0.05) is 0 Å². The van der Waals surface area contributed by atoms with Gasteiger partial charge in [-0.25, -0.2) is 4.79 Å². The van der Waals surface area contributed by atoms with E-state index in [4.69, 9.17) is 9.84 Å². The molecule has 16 heavy (non-hydrogen) atoms. The number of carbonyl (C=O) groups excluding carboxylic acids is 2. The van der Waals surface area contributed by atoms with Gasteiger partial charge < -0.3 is 9.84 Å². The summed E-state index contributed by atoms with van der Waals surface area (Å²) in [7, 11) is 0. The van der Waals surface area contributed by atoms with Crippen LogP contribution in [0.15, 0.2) is 24.3 Å². The molecule has 5 nitrogen and oxygen atoms in total. The van der Waals surface area contributed by atoms with E-state index in [0.717, 1.165) is 0 Å². The highest BCUT2D eigenvalue weighted by molar-refractivity contribution is 6.39. The van der Waals surface area contributed by atoms with Crippen molar-refractivity contribution < 1.29 is 24.2 Å². The minimum atomic E-state index is -1.61. The molecule has 1 aliphatic heterocycles. The number of rotatable bonds is 2. The number of carboxylic acids is 1. The van der Waals surface area contributed by atoms with Crippen LogP contribution in [0.2, 0.25) is 0 Å². The van der Waals surface area contributed by atoms with Gasteiger partial charge >= 0.3 is 5.97 Å². The maximum absolute atomic E-state index is 11.8. The second-order valence-corrected chi connectivity index (χ2v) is 3.39. The smallest absolute Gasteiger partial charge is 0.373 e. The van der Waals surface area contributed by atoms with E-state index in [-0.39, 0.29) is 12.2 Å². The number of benzene rings is 1. The molecule has 0 aromatic heterocycles. The molecule has 0 saturated heterocycles. The SMILES string of the molecule is O=C(O)C(=O)C1COc2ccccc2C1=O. The molecule has 5 heteroatoms. The first kappa shape index (κ1) is 10.4. The van der Waals surface area contributed by atoms with Crippen molar-refractivity contribution in [1.82, 2.24) is 0 Å². The van der Waals surface area contributed by atoms with Gasteiger partial charge in [0.25, 0.3) is 5.78 Å². The second kappa shape index (κ2) is 3.77. The van der Waals surface area contributed by atoms with Crippen LogP contribution >= 0.6 is 0 Å². The summed E-state index contributed by atoms with van der Waals surface area (Å²) in [6, 6.07) is 6.45. The Morgan fingerprint density at radius 1 is 1.31 bits per heavy atom. The molecular weight excluding hydrogens is 212 g/mol. The second-order valence-electron chi connectivity index (χ2n) is 3.39. The molecule has 0 radical (unpaired) electrons. The topological polar surface area (TPSA) is 80.7 Å². The van der Waals surface area contributed by atoms with Crippen LogP contribution in [-0.4, -0.2) is 29.2 Å². The van der Waals surface area contributed by atoms with Crippen molar-refractivity contribution in [2.45, 2.75) is 0 Å². The van der Waals surface area contributed by atoms with E-state index in [2.05, 4.69) is 0 Å². The largest absolute Gasteiger partial charge is 0.492 e. The zero-order valence-electron chi connectivity index (χ0n) is 8.17. The van der Waals surface area contributed by atoms with Crippen LogP contribution in [0.4, 0.5) is 0 Å². The van der Waals surface area contributed by atoms with Crippen molar-refractivity contribution in [2.75, 3.05) is 6.61 Å². The molecule has 0 saturated carbocycles. The van der Waals surface area contributed by atoms with Gasteiger partial charge in [0.2, 0.25) is 0 Å². The van der Waals surface area contributed by atoms with Gasteiger partial charge in [-0.1, -0.05) is 12.1 Å². The minimum absolute atomic E-state index is 0.207. The molecule has 0 bridgehead atoms. The molecular formula is C11H8O5. The number of ketones is 2. The highest BCUT2D eigenvalue weighted by Crippen LogP contribution is 2.27. The lowest BCUT2D eigenvalue weighted by Crippen LogP contribution is -2.37. The third kappa shape index (κ3) is 1.56. The van der Waals surface area contributed by atoms with E-state index in [0.29, 0.717) is 5.75 Å². The molecule has 0 amide bonds. The van der Waals surface area contributed by atoms with Crippen molar-refractivity contribution in [2.24, 2.45) is 5.92 Å². The average molecular weight is 220 g/mol. The van der Waals surface area contributed by atoms with E-state index < -0.39 is 23.5 Å². The normalized spacial score (nSPS) is 18.5. The van der Waals surface area contributed by atoms with Gasteiger partial charge in [-0.15, -0.1) is 0 Å². The lowest BCUT2D eigenvalue weighted by Gasteiger charge is -2.21. The number of carboxylic acid groups (broad SMARTS) is 1. The zero-order chi connectivity index (χ0) is 11.7. The van der Waals surface area contributed by atoms with Crippen molar-refractivity contribution in [1.29, 1.82) is 0 Å². The molecule has 2 rings (SSSR count). The van der Waals surface area contributed by atoms with Crippen molar-refractivity contribution in [3.63, 3.8) is 0 Å². The zero-order valence-corrected chi connectivity index (χ0v) is 8.17. The molecule has 82 valence electrons. The lowest BCUT2D eigenvalue weighted by molar-refractivity contribution is -0.150. The van der Waals surface area contributed by atoms with Gasteiger partial charge in [0.05, 0.1) is 5.56 Å². The first-order chi connectivity index (χ1) is 7.61. The molecule has 1 unspecified atom stereocenters. The summed E-state index contributed by atoms with van der Waals surface area (Å²) in [5.41, 5.74) is 0.258. The number of ether oxygens (including phenoxy) is 1. The summed E-state index contributed by atoms with van der Waals surface area (Å²) in [6.45, 7) is -0.207. The number of fused-ring (bicyclic) bond motifs is 1. The molecule has 1 aromatic rings. The van der Waals surface area contributed by atoms with Gasteiger partial charge in [-0.2, -0.15) is 0 Å². The Hall–Kier alpha value is -2.17. The predicted octanol–water partition coefficient (Wildman–Crippen LogP) is 0.532. The van der Waals surface area contributed by atoms with Gasteiger partial charge in [0.15, 0.2) is 5.78 Å². The van der Waals surface area contributed by atoms with Crippen LogP contribution < -0.4 is 4.74 Å². The van der Waals surface area contributed by atoms with E-state index in [1.807, 2.05) is 0 Å². The van der Waals surface area contributed by atoms with E-state index in [9.17, 15) is 14.4 Å². The Kier molecular flexibility index (Phi) is 2.44. The van der Waals surface area contributed by atoms with Gasteiger partial charge in [-0.05, 0) is 12.1 Å². The van der Waals surface area contributed by atoms with E-state index in [1.165, 1.54) is 6.07 Å². The minimum Gasteiger partial charge on any atom is -0.492 e. The number of carbonyl (C=O) groups is 3. The average Bonchev–Trinajstić information content (AvgIpc) is 2.29. The van der Waals surface area contributed by atoms with Crippen LogP contribution in [0.5, 0.6) is 5.75 Å². The monoisotopic (exact) mass is 220 g/mol. The summed E-state index contributed by atoms with van der Waals surface area (Å²) in [5.74, 6) is -4.07. The summed E-state index contributed by atoms with van der Waals surface area (Å²) in [5, 5.41) is 8.54. The fourth-order valence-corrected chi connectivity index (χ4v) is 1.58. The summed E-state index contributed by atoms with van der Waals surface area (Å²) in [4.78, 5) is 33.5. The molecule has 1 heterocycles. The van der Waals surface area contributed by atoms with Crippen LogP contribution in [0.3, 0.4) is 0 Å². The van der Waals surface area contributed by atoms with Crippen LogP contribution in [0.1, 0.15) is 10.4 Å². The predicted molar refractivity (Wildman–Crippen MR) is 52.4 cm³/mol. The van der Waals surface area contributed by atoms with Crippen molar-refractivity contribution in [3.8, 4) is 5.75 Å². The number of aliphatic carboxylic acids is 1. The molecule has 1 aliphatic rings. The third-order valence-electron chi connectivity index (χ3n) is 2.40. The van der Waals surface area contributed by atoms with E-state index >= 15 is 0 Å². The summed E-state index contributed by atoms with van der Waals surface area (Å²) in [6.07, 6.45) is 0. The molecule has 0 fully saturated rings. The standard InChI is InChI=1S/C11H8O5/c12-9-6-3-1-2-4-8(6)16-5-7(9)10(13)11(14)15/h1-4,7H,5H2,(H,14,15). The van der Waals surface area contributed by atoms with Gasteiger partial charge in [0.1, 0.15) is 18.3 Å². The Labute approximate surface area is 90.6 Å². The Morgan fingerprint density at radius 2 is 2.00 bits per heavy atom. The highest BCUT2D eigenvalue weighted by atomic mass is 16.5. The Balaban J connectivity index is 2.35. The number of para-hydroxylation sites is 1. The summed E-state index contributed by atoms with van der Waals surface area (Å²) >= 11 is 0.